The summed E-state index contributed by atoms with van der Waals surface area (Å²) in [5.41, 5.74) is 7.51. The second kappa shape index (κ2) is 13.8. The van der Waals surface area contributed by atoms with E-state index >= 15 is 0 Å². The lowest BCUT2D eigenvalue weighted by Gasteiger charge is -2.10. The third kappa shape index (κ3) is 7.47. The Labute approximate surface area is 207 Å². The molecule has 168 valence electrons. The Bertz CT molecular complexity index is 999. The van der Waals surface area contributed by atoms with Crippen molar-refractivity contribution in [2.45, 2.75) is 38.4 Å². The van der Waals surface area contributed by atoms with E-state index in [0.29, 0.717) is 0 Å². The van der Waals surface area contributed by atoms with Crippen molar-refractivity contribution in [3.8, 4) is 0 Å². The van der Waals surface area contributed by atoms with Crippen molar-refractivity contribution < 1.29 is 4.79 Å². The molecular weight excluding hydrogens is 449 g/mol. The molecule has 0 aliphatic rings. The minimum Gasteiger partial charge on any atom is -0.282 e. The van der Waals surface area contributed by atoms with E-state index in [1.807, 2.05) is 36.0 Å². The van der Waals surface area contributed by atoms with Crippen LogP contribution in [0.4, 0.5) is 0 Å². The average molecular weight is 481 g/mol. The molecule has 0 aromatic heterocycles. The van der Waals surface area contributed by atoms with Crippen LogP contribution in [0.5, 0.6) is 0 Å². The molecule has 1 nitrogen and oxygen atoms in total. The summed E-state index contributed by atoms with van der Waals surface area (Å²) in [6.45, 7) is 2.22. The van der Waals surface area contributed by atoms with E-state index < -0.39 is 0 Å². The van der Waals surface area contributed by atoms with Crippen LogP contribution in [0, 0.1) is 0 Å². The Morgan fingerprint density at radius 1 is 0.688 bits per heavy atom. The molecule has 0 bridgehead atoms. The van der Waals surface area contributed by atoms with Crippen LogP contribution < -0.4 is 0 Å². The Kier molecular flexibility index (Phi) is 10.8. The van der Waals surface area contributed by atoms with Crippen molar-refractivity contribution in [1.82, 2.24) is 0 Å². The van der Waals surface area contributed by atoms with Gasteiger partial charge in [0.15, 0.2) is 0 Å². The first-order valence-corrected chi connectivity index (χ1v) is 14.1. The minimum absolute atomic E-state index is 0.186. The Morgan fingerprint density at radius 3 is 1.84 bits per heavy atom. The number of hydrogen-bond donors (Lipinski definition) is 1. The fourth-order valence-electron chi connectivity index (χ4n) is 3.84. The van der Waals surface area contributed by atoms with Gasteiger partial charge in [0.25, 0.3) is 0 Å². The SMILES string of the molecule is CCc1ccccc1CCSCCc1ccccc1C(=O)SCCc1ccccc1CS. The molecule has 0 saturated carbocycles. The Hall–Kier alpha value is -1.62. The molecule has 0 atom stereocenters. The number of thiol groups is 1. The van der Waals surface area contributed by atoms with Gasteiger partial charge in [0, 0.05) is 17.1 Å². The summed E-state index contributed by atoms with van der Waals surface area (Å²) in [7, 11) is 0. The van der Waals surface area contributed by atoms with E-state index in [1.54, 1.807) is 0 Å². The highest BCUT2D eigenvalue weighted by Gasteiger charge is 2.12. The van der Waals surface area contributed by atoms with Gasteiger partial charge >= 0.3 is 0 Å². The van der Waals surface area contributed by atoms with Crippen molar-refractivity contribution in [3.63, 3.8) is 0 Å². The molecule has 0 radical (unpaired) electrons. The number of benzene rings is 3. The second-order valence-electron chi connectivity index (χ2n) is 7.70. The molecule has 0 aliphatic heterocycles. The first kappa shape index (κ1) is 25.0. The summed E-state index contributed by atoms with van der Waals surface area (Å²) >= 11 is 7.82. The maximum Gasteiger partial charge on any atom is 0.219 e. The highest BCUT2D eigenvalue weighted by Crippen LogP contribution is 2.21. The van der Waals surface area contributed by atoms with Crippen molar-refractivity contribution >= 4 is 41.3 Å². The van der Waals surface area contributed by atoms with Gasteiger partial charge in [-0.1, -0.05) is 91.5 Å². The highest BCUT2D eigenvalue weighted by molar-refractivity contribution is 8.14. The van der Waals surface area contributed by atoms with Crippen LogP contribution in [0.25, 0.3) is 0 Å². The summed E-state index contributed by atoms with van der Waals surface area (Å²) in [4.78, 5) is 12.9. The zero-order valence-electron chi connectivity index (χ0n) is 18.8. The fourth-order valence-corrected chi connectivity index (χ4v) is 5.94. The number of carbonyl (C=O) groups is 1. The van der Waals surface area contributed by atoms with Gasteiger partial charge in [-0.2, -0.15) is 24.4 Å². The van der Waals surface area contributed by atoms with Gasteiger partial charge in [-0.05, 0) is 65.0 Å². The van der Waals surface area contributed by atoms with E-state index in [9.17, 15) is 4.79 Å². The van der Waals surface area contributed by atoms with Crippen LogP contribution in [0.15, 0.2) is 72.8 Å². The lowest BCUT2D eigenvalue weighted by molar-refractivity contribution is 0.108. The van der Waals surface area contributed by atoms with Gasteiger partial charge < -0.3 is 0 Å². The predicted molar refractivity (Wildman–Crippen MR) is 147 cm³/mol. The van der Waals surface area contributed by atoms with Crippen molar-refractivity contribution in [2.75, 3.05) is 17.3 Å². The fraction of sp³-hybridized carbons (Fsp3) is 0.321. The molecule has 0 spiro atoms. The molecule has 0 aliphatic carbocycles. The third-order valence-corrected chi connectivity index (χ3v) is 7.88. The molecule has 0 heterocycles. The molecule has 0 N–H and O–H groups in total. The zero-order valence-corrected chi connectivity index (χ0v) is 21.3. The highest BCUT2D eigenvalue weighted by atomic mass is 32.2. The largest absolute Gasteiger partial charge is 0.282 e. The summed E-state index contributed by atoms with van der Waals surface area (Å²) in [6.07, 6.45) is 4.03. The number of thioether (sulfide) groups is 2. The van der Waals surface area contributed by atoms with Crippen LogP contribution in [-0.2, 0) is 31.4 Å². The van der Waals surface area contributed by atoms with Gasteiger partial charge in [-0.3, -0.25) is 4.79 Å². The maximum atomic E-state index is 12.9. The smallest absolute Gasteiger partial charge is 0.219 e. The number of aryl methyl sites for hydroxylation is 4. The van der Waals surface area contributed by atoms with Crippen molar-refractivity contribution in [1.29, 1.82) is 0 Å². The molecule has 4 heteroatoms. The van der Waals surface area contributed by atoms with Crippen LogP contribution >= 0.6 is 36.2 Å². The first-order chi connectivity index (χ1) is 15.7. The molecule has 0 amide bonds. The third-order valence-electron chi connectivity index (χ3n) is 5.66. The number of carbonyl (C=O) groups excluding carboxylic acids is 1. The van der Waals surface area contributed by atoms with Crippen LogP contribution in [-0.4, -0.2) is 22.4 Å². The van der Waals surface area contributed by atoms with Gasteiger partial charge in [-0.15, -0.1) is 0 Å². The van der Waals surface area contributed by atoms with Gasteiger partial charge in [0.05, 0.1) is 0 Å². The van der Waals surface area contributed by atoms with Crippen LogP contribution in [0.1, 0.15) is 45.1 Å². The summed E-state index contributed by atoms with van der Waals surface area (Å²) in [6, 6.07) is 25.2. The Morgan fingerprint density at radius 2 is 1.19 bits per heavy atom. The van der Waals surface area contributed by atoms with E-state index in [2.05, 4.69) is 68.1 Å². The molecule has 0 unspecified atom stereocenters. The van der Waals surface area contributed by atoms with Gasteiger partial charge in [-0.25, -0.2) is 0 Å². The molecular formula is C28H32OS3. The maximum absolute atomic E-state index is 12.9. The van der Waals surface area contributed by atoms with Crippen molar-refractivity contribution in [2.24, 2.45) is 0 Å². The van der Waals surface area contributed by atoms with Crippen LogP contribution in [0.2, 0.25) is 0 Å². The van der Waals surface area contributed by atoms with E-state index in [-0.39, 0.29) is 5.12 Å². The number of rotatable bonds is 12. The molecule has 3 rings (SSSR count). The predicted octanol–water partition coefficient (Wildman–Crippen LogP) is 7.31. The summed E-state index contributed by atoms with van der Waals surface area (Å²) < 4.78 is 0. The topological polar surface area (TPSA) is 17.1 Å². The standard InChI is InChI=1S/C28H32OS3/c1-2-22-9-3-4-10-23(22)15-18-31-19-16-25-12-7-8-14-27(25)28(29)32-20-17-24-11-5-6-13-26(24)21-30/h3-14,30H,2,15-21H2,1H3. The van der Waals surface area contributed by atoms with Crippen molar-refractivity contribution in [3.05, 3.63) is 106 Å². The normalized spacial score (nSPS) is 10.9. The lowest BCUT2D eigenvalue weighted by Crippen LogP contribution is -2.04. The molecule has 0 saturated heterocycles. The zero-order chi connectivity index (χ0) is 22.6. The van der Waals surface area contributed by atoms with E-state index in [4.69, 9.17) is 0 Å². The Balaban J connectivity index is 1.46. The van der Waals surface area contributed by atoms with E-state index in [1.165, 1.54) is 39.6 Å². The molecule has 32 heavy (non-hydrogen) atoms. The monoisotopic (exact) mass is 480 g/mol. The van der Waals surface area contributed by atoms with E-state index in [0.717, 1.165) is 54.3 Å². The summed E-state index contributed by atoms with van der Waals surface area (Å²) in [5.74, 6) is 3.69. The molecule has 0 fully saturated rings. The average Bonchev–Trinajstić information content (AvgIpc) is 2.84. The minimum atomic E-state index is 0.186. The number of hydrogen-bond acceptors (Lipinski definition) is 4. The first-order valence-electron chi connectivity index (χ1n) is 11.3. The van der Waals surface area contributed by atoms with Gasteiger partial charge in [0.1, 0.15) is 0 Å². The molecule has 3 aromatic rings. The van der Waals surface area contributed by atoms with Crippen LogP contribution in [0.3, 0.4) is 0 Å². The second-order valence-corrected chi connectivity index (χ2v) is 10.3. The van der Waals surface area contributed by atoms with Gasteiger partial charge in [0.2, 0.25) is 5.12 Å². The molecule has 3 aromatic carbocycles. The lowest BCUT2D eigenvalue weighted by atomic mass is 10.0. The quantitative estimate of drug-likeness (QED) is 0.216. The summed E-state index contributed by atoms with van der Waals surface area (Å²) in [5, 5.41) is 0.186.